The van der Waals surface area contributed by atoms with Gasteiger partial charge in [0.2, 0.25) is 0 Å². The number of carboxylic acid groups (broad SMARTS) is 1. The van der Waals surface area contributed by atoms with E-state index < -0.39 is 29.9 Å². The number of pyridine rings is 1. The van der Waals surface area contributed by atoms with Crippen molar-refractivity contribution in [2.75, 3.05) is 0 Å². The number of alkyl halides is 2. The zero-order valence-electron chi connectivity index (χ0n) is 7.26. The van der Waals surface area contributed by atoms with Crippen LogP contribution in [0.2, 0.25) is 5.15 Å². The van der Waals surface area contributed by atoms with Crippen molar-refractivity contribution in [2.45, 2.75) is 12.8 Å². The van der Waals surface area contributed by atoms with Crippen LogP contribution in [-0.2, 0) is 11.2 Å². The molecular weight excluding hydrogens is 232 g/mol. The number of carbonyl (C=O) groups is 1. The fraction of sp³-hybridized carbons (Fsp3) is 0.250. The number of H-pyrrole nitrogens is 1. The van der Waals surface area contributed by atoms with Crippen molar-refractivity contribution in [3.63, 3.8) is 0 Å². The molecule has 0 aliphatic heterocycles. The number of hydrogen-bond acceptors (Lipinski definition) is 2. The molecule has 0 amide bonds. The second-order valence-electron chi connectivity index (χ2n) is 2.76. The van der Waals surface area contributed by atoms with Crippen LogP contribution in [0.15, 0.2) is 10.9 Å². The topological polar surface area (TPSA) is 70.2 Å². The predicted molar refractivity (Wildman–Crippen MR) is 48.4 cm³/mol. The van der Waals surface area contributed by atoms with Gasteiger partial charge in [-0.05, 0) is 11.6 Å². The summed E-state index contributed by atoms with van der Waals surface area (Å²) in [5.74, 6) is -1.31. The van der Waals surface area contributed by atoms with Crippen molar-refractivity contribution < 1.29 is 18.7 Å². The third-order valence-corrected chi connectivity index (χ3v) is 1.89. The largest absolute Gasteiger partial charge is 0.481 e. The van der Waals surface area contributed by atoms with Gasteiger partial charge in [-0.3, -0.25) is 9.59 Å². The Balaban J connectivity index is 3.33. The number of nitrogens with one attached hydrogen (secondary N) is 1. The monoisotopic (exact) mass is 237 g/mol. The molecule has 0 saturated heterocycles. The predicted octanol–water partition coefficient (Wildman–Crippen LogP) is 1.59. The summed E-state index contributed by atoms with van der Waals surface area (Å²) in [6.45, 7) is 0. The van der Waals surface area contributed by atoms with Crippen LogP contribution in [0, 0.1) is 0 Å². The van der Waals surface area contributed by atoms with E-state index in [-0.39, 0.29) is 10.7 Å². The molecular formula is C8H6ClF2NO3. The van der Waals surface area contributed by atoms with Crippen LogP contribution < -0.4 is 5.56 Å². The number of halogens is 3. The molecule has 0 aromatic carbocycles. The van der Waals surface area contributed by atoms with Gasteiger partial charge in [-0.15, -0.1) is 0 Å². The summed E-state index contributed by atoms with van der Waals surface area (Å²) < 4.78 is 24.8. The zero-order valence-corrected chi connectivity index (χ0v) is 8.02. The van der Waals surface area contributed by atoms with Crippen LogP contribution in [0.4, 0.5) is 8.78 Å². The Morgan fingerprint density at radius 2 is 2.20 bits per heavy atom. The van der Waals surface area contributed by atoms with Crippen LogP contribution in [0.25, 0.3) is 0 Å². The lowest BCUT2D eigenvalue weighted by molar-refractivity contribution is -0.136. The third-order valence-electron chi connectivity index (χ3n) is 1.68. The molecule has 0 unspecified atom stereocenters. The molecule has 1 rings (SSSR count). The van der Waals surface area contributed by atoms with Gasteiger partial charge in [-0.25, -0.2) is 8.78 Å². The van der Waals surface area contributed by atoms with Gasteiger partial charge in [0.1, 0.15) is 5.15 Å². The smallest absolute Gasteiger partial charge is 0.307 e. The molecule has 15 heavy (non-hydrogen) atoms. The van der Waals surface area contributed by atoms with Gasteiger partial charge < -0.3 is 10.1 Å². The average Bonchev–Trinajstić information content (AvgIpc) is 1.99. The van der Waals surface area contributed by atoms with Gasteiger partial charge in [-0.2, -0.15) is 0 Å². The molecule has 2 N–H and O–H groups in total. The van der Waals surface area contributed by atoms with Crippen molar-refractivity contribution in [1.82, 2.24) is 4.98 Å². The van der Waals surface area contributed by atoms with Crippen molar-refractivity contribution >= 4 is 17.6 Å². The SMILES string of the molecule is O=C(O)Cc1cc(Cl)[nH]c(=O)c1C(F)F. The number of aliphatic carboxylic acids is 1. The summed E-state index contributed by atoms with van der Waals surface area (Å²) in [5.41, 5.74) is -2.18. The van der Waals surface area contributed by atoms with E-state index in [9.17, 15) is 18.4 Å². The molecule has 0 saturated carbocycles. The number of rotatable bonds is 3. The quantitative estimate of drug-likeness (QED) is 0.785. The van der Waals surface area contributed by atoms with Crippen LogP contribution in [-0.4, -0.2) is 16.1 Å². The third kappa shape index (κ3) is 2.76. The lowest BCUT2D eigenvalue weighted by atomic mass is 10.1. The fourth-order valence-corrected chi connectivity index (χ4v) is 1.35. The fourth-order valence-electron chi connectivity index (χ4n) is 1.14. The molecule has 82 valence electrons. The minimum Gasteiger partial charge on any atom is -0.481 e. The highest BCUT2D eigenvalue weighted by Gasteiger charge is 2.19. The Labute approximate surface area is 87.5 Å². The summed E-state index contributed by atoms with van der Waals surface area (Å²) in [4.78, 5) is 23.4. The number of aromatic nitrogens is 1. The lowest BCUT2D eigenvalue weighted by Crippen LogP contribution is -2.18. The molecule has 4 nitrogen and oxygen atoms in total. The summed E-state index contributed by atoms with van der Waals surface area (Å²) in [7, 11) is 0. The standard InChI is InChI=1S/C8H6ClF2NO3/c9-4-1-3(2-5(13)14)6(7(10)11)8(15)12-4/h1,7H,2H2,(H,12,15)(H,13,14). The maximum Gasteiger partial charge on any atom is 0.307 e. The van der Waals surface area contributed by atoms with Gasteiger partial charge >= 0.3 is 5.97 Å². The van der Waals surface area contributed by atoms with Crippen molar-refractivity contribution in [1.29, 1.82) is 0 Å². The van der Waals surface area contributed by atoms with Gasteiger partial charge in [0, 0.05) is 0 Å². The molecule has 0 bridgehead atoms. The van der Waals surface area contributed by atoms with Crippen molar-refractivity contribution in [3.8, 4) is 0 Å². The first-order valence-electron chi connectivity index (χ1n) is 3.83. The Hall–Kier alpha value is -1.43. The zero-order chi connectivity index (χ0) is 11.6. The second-order valence-corrected chi connectivity index (χ2v) is 3.16. The van der Waals surface area contributed by atoms with Crippen LogP contribution in [0.5, 0.6) is 0 Å². The molecule has 0 atom stereocenters. The summed E-state index contributed by atoms with van der Waals surface area (Å²) in [6.07, 6.45) is -3.69. The molecule has 0 radical (unpaired) electrons. The van der Waals surface area contributed by atoms with E-state index in [1.165, 1.54) is 0 Å². The minimum absolute atomic E-state index is 0.166. The number of carboxylic acids is 1. The maximum absolute atomic E-state index is 12.4. The molecule has 0 fully saturated rings. The van der Waals surface area contributed by atoms with Gasteiger partial charge in [0.25, 0.3) is 12.0 Å². The van der Waals surface area contributed by atoms with E-state index in [0.29, 0.717) is 0 Å². The summed E-state index contributed by atoms with van der Waals surface area (Å²) in [5, 5.41) is 8.29. The van der Waals surface area contributed by atoms with E-state index in [1.54, 1.807) is 0 Å². The molecule has 1 aromatic heterocycles. The first-order chi connectivity index (χ1) is 6.91. The van der Waals surface area contributed by atoms with Gasteiger partial charge in [0.15, 0.2) is 0 Å². The van der Waals surface area contributed by atoms with E-state index in [4.69, 9.17) is 16.7 Å². The maximum atomic E-state index is 12.4. The normalized spacial score (nSPS) is 10.7. The van der Waals surface area contributed by atoms with Gasteiger partial charge in [0.05, 0.1) is 12.0 Å². The average molecular weight is 238 g/mol. The highest BCUT2D eigenvalue weighted by atomic mass is 35.5. The summed E-state index contributed by atoms with van der Waals surface area (Å²) >= 11 is 5.42. The molecule has 0 aliphatic carbocycles. The minimum atomic E-state index is -3.03. The Morgan fingerprint density at radius 3 is 2.67 bits per heavy atom. The molecule has 0 spiro atoms. The van der Waals surface area contributed by atoms with Crippen LogP contribution >= 0.6 is 11.6 Å². The van der Waals surface area contributed by atoms with Gasteiger partial charge in [-0.1, -0.05) is 11.6 Å². The lowest BCUT2D eigenvalue weighted by Gasteiger charge is -2.05. The Morgan fingerprint density at radius 1 is 1.60 bits per heavy atom. The molecule has 1 aromatic rings. The highest BCUT2D eigenvalue weighted by Crippen LogP contribution is 2.21. The molecule has 0 aliphatic rings. The van der Waals surface area contributed by atoms with E-state index in [1.807, 2.05) is 4.98 Å². The molecule has 1 heterocycles. The van der Waals surface area contributed by atoms with E-state index in [2.05, 4.69) is 0 Å². The highest BCUT2D eigenvalue weighted by molar-refractivity contribution is 6.29. The summed E-state index contributed by atoms with van der Waals surface area (Å²) in [6, 6.07) is 1.01. The van der Waals surface area contributed by atoms with Crippen LogP contribution in [0.3, 0.4) is 0 Å². The first-order valence-corrected chi connectivity index (χ1v) is 4.21. The first kappa shape index (κ1) is 11.6. The number of aromatic amines is 1. The second kappa shape index (κ2) is 4.39. The van der Waals surface area contributed by atoms with E-state index in [0.717, 1.165) is 6.07 Å². The van der Waals surface area contributed by atoms with Crippen molar-refractivity contribution in [2.24, 2.45) is 0 Å². The molecule has 7 heteroatoms. The van der Waals surface area contributed by atoms with Crippen LogP contribution in [0.1, 0.15) is 17.6 Å². The van der Waals surface area contributed by atoms with E-state index >= 15 is 0 Å². The van der Waals surface area contributed by atoms with Crippen molar-refractivity contribution in [3.05, 3.63) is 32.7 Å². The Bertz CT molecular complexity index is 444. The Kier molecular flexibility index (Phi) is 3.41. The number of hydrogen-bond donors (Lipinski definition) is 2.